The predicted molar refractivity (Wildman–Crippen MR) is 76.7 cm³/mol. The predicted octanol–water partition coefficient (Wildman–Crippen LogP) is 4.64. The maximum Gasteiger partial charge on any atom is 0.0705 e. The maximum absolute atomic E-state index is 5.85. The van der Waals surface area contributed by atoms with E-state index in [0.29, 0.717) is 5.88 Å². The summed E-state index contributed by atoms with van der Waals surface area (Å²) in [5.41, 5.74) is 3.19. The normalized spacial score (nSPS) is 10.7. The number of fused-ring (bicyclic) bond motifs is 1. The zero-order valence-electron chi connectivity index (χ0n) is 9.81. The number of benzene rings is 2. The quantitative estimate of drug-likeness (QED) is 0.606. The Balaban J connectivity index is 2.13. The summed E-state index contributed by atoms with van der Waals surface area (Å²) in [5.74, 6) is 0.517. The van der Waals surface area contributed by atoms with Gasteiger partial charge in [-0.15, -0.1) is 11.6 Å². The van der Waals surface area contributed by atoms with Gasteiger partial charge in [-0.25, -0.2) is 0 Å². The Morgan fingerprint density at radius 1 is 0.889 bits per heavy atom. The number of hydrogen-bond donors (Lipinski definition) is 0. The molecule has 2 heteroatoms. The summed E-state index contributed by atoms with van der Waals surface area (Å²) in [6, 6.07) is 18.7. The second-order valence-corrected chi connectivity index (χ2v) is 4.51. The highest BCUT2D eigenvalue weighted by molar-refractivity contribution is 6.17. The number of halogens is 1. The fraction of sp³-hybridized carbons (Fsp3) is 0.0625. The van der Waals surface area contributed by atoms with Crippen LogP contribution in [0.1, 0.15) is 5.56 Å². The van der Waals surface area contributed by atoms with Crippen LogP contribution in [0.3, 0.4) is 0 Å². The van der Waals surface area contributed by atoms with E-state index in [1.165, 1.54) is 10.8 Å². The Hall–Kier alpha value is -1.86. The molecule has 0 aliphatic carbocycles. The van der Waals surface area contributed by atoms with E-state index < -0.39 is 0 Å². The van der Waals surface area contributed by atoms with Gasteiger partial charge in [-0.1, -0.05) is 36.4 Å². The summed E-state index contributed by atoms with van der Waals surface area (Å²) in [5, 5.41) is 2.47. The van der Waals surface area contributed by atoms with E-state index in [4.69, 9.17) is 11.6 Å². The summed E-state index contributed by atoms with van der Waals surface area (Å²) in [6.45, 7) is 0. The zero-order valence-corrected chi connectivity index (χ0v) is 10.6. The Morgan fingerprint density at radius 2 is 1.72 bits per heavy atom. The molecule has 3 aromatic rings. The summed E-state index contributed by atoms with van der Waals surface area (Å²) in [7, 11) is 0. The Kier molecular flexibility index (Phi) is 2.99. The average Bonchev–Trinajstić information content (AvgIpc) is 2.47. The molecule has 0 bridgehead atoms. The number of rotatable bonds is 2. The summed E-state index contributed by atoms with van der Waals surface area (Å²) in [6.07, 6.45) is 1.81. The molecule has 1 heterocycles. The average molecular weight is 254 g/mol. The van der Waals surface area contributed by atoms with Gasteiger partial charge in [0, 0.05) is 17.6 Å². The molecule has 0 aliphatic heterocycles. The SMILES string of the molecule is ClCc1ccnc(-c2ccc3ccccc3c2)c1. The van der Waals surface area contributed by atoms with E-state index in [-0.39, 0.29) is 0 Å². The zero-order chi connectivity index (χ0) is 12.4. The first-order valence-corrected chi connectivity index (χ1v) is 6.40. The molecule has 0 aliphatic rings. The highest BCUT2D eigenvalue weighted by Crippen LogP contribution is 2.23. The lowest BCUT2D eigenvalue weighted by molar-refractivity contribution is 1.27. The number of pyridine rings is 1. The molecule has 0 unspecified atom stereocenters. The van der Waals surface area contributed by atoms with Gasteiger partial charge in [0.2, 0.25) is 0 Å². The second kappa shape index (κ2) is 4.79. The van der Waals surface area contributed by atoms with Gasteiger partial charge in [0.1, 0.15) is 0 Å². The Bertz CT molecular complexity index is 691. The number of hydrogen-bond acceptors (Lipinski definition) is 1. The summed E-state index contributed by atoms with van der Waals surface area (Å²) >= 11 is 5.85. The topological polar surface area (TPSA) is 12.9 Å². The molecule has 0 saturated carbocycles. The van der Waals surface area contributed by atoms with Crippen LogP contribution in [0.4, 0.5) is 0 Å². The standard InChI is InChI=1S/C16H12ClN/c17-11-12-7-8-18-16(9-12)15-6-5-13-3-1-2-4-14(13)10-15/h1-10H,11H2. The molecule has 0 N–H and O–H groups in total. The second-order valence-electron chi connectivity index (χ2n) is 4.24. The van der Waals surface area contributed by atoms with E-state index in [9.17, 15) is 0 Å². The fourth-order valence-corrected chi connectivity index (χ4v) is 2.23. The van der Waals surface area contributed by atoms with Gasteiger partial charge in [0.15, 0.2) is 0 Å². The van der Waals surface area contributed by atoms with E-state index in [0.717, 1.165) is 16.8 Å². The van der Waals surface area contributed by atoms with E-state index >= 15 is 0 Å². The highest BCUT2D eigenvalue weighted by atomic mass is 35.5. The molecule has 0 fully saturated rings. The van der Waals surface area contributed by atoms with Crippen LogP contribution in [0, 0.1) is 0 Å². The van der Waals surface area contributed by atoms with Crippen molar-refractivity contribution in [2.45, 2.75) is 5.88 Å². The first-order valence-electron chi connectivity index (χ1n) is 5.87. The van der Waals surface area contributed by atoms with Crippen molar-refractivity contribution in [1.82, 2.24) is 4.98 Å². The molecule has 0 atom stereocenters. The lowest BCUT2D eigenvalue weighted by Gasteiger charge is -2.04. The monoisotopic (exact) mass is 253 g/mol. The maximum atomic E-state index is 5.85. The van der Waals surface area contributed by atoms with Crippen molar-refractivity contribution < 1.29 is 0 Å². The van der Waals surface area contributed by atoms with Gasteiger partial charge >= 0.3 is 0 Å². The van der Waals surface area contributed by atoms with Crippen LogP contribution in [0.15, 0.2) is 60.8 Å². The first kappa shape index (κ1) is 11.2. The molecule has 0 amide bonds. The van der Waals surface area contributed by atoms with Crippen molar-refractivity contribution in [3.8, 4) is 11.3 Å². The van der Waals surface area contributed by atoms with Gasteiger partial charge in [0.05, 0.1) is 5.69 Å². The van der Waals surface area contributed by atoms with Crippen LogP contribution >= 0.6 is 11.6 Å². The minimum atomic E-state index is 0.517. The minimum absolute atomic E-state index is 0.517. The van der Waals surface area contributed by atoms with E-state index in [1.54, 1.807) is 0 Å². The van der Waals surface area contributed by atoms with Crippen molar-refractivity contribution in [2.75, 3.05) is 0 Å². The molecule has 3 rings (SSSR count). The van der Waals surface area contributed by atoms with Gasteiger partial charge in [0.25, 0.3) is 0 Å². The van der Waals surface area contributed by atoms with Crippen LogP contribution in [-0.2, 0) is 5.88 Å². The fourth-order valence-electron chi connectivity index (χ4n) is 2.06. The first-order chi connectivity index (χ1) is 8.86. The highest BCUT2D eigenvalue weighted by Gasteiger charge is 2.01. The van der Waals surface area contributed by atoms with Crippen LogP contribution in [-0.4, -0.2) is 4.98 Å². The van der Waals surface area contributed by atoms with Crippen LogP contribution in [0.5, 0.6) is 0 Å². The Morgan fingerprint density at radius 3 is 2.56 bits per heavy atom. The smallest absolute Gasteiger partial charge is 0.0705 e. The van der Waals surface area contributed by atoms with Gasteiger partial charge in [-0.2, -0.15) is 0 Å². The lowest BCUT2D eigenvalue weighted by atomic mass is 10.0. The number of alkyl halides is 1. The Labute approximate surface area is 111 Å². The van der Waals surface area contributed by atoms with Crippen LogP contribution < -0.4 is 0 Å². The summed E-state index contributed by atoms with van der Waals surface area (Å²) in [4.78, 5) is 4.41. The third kappa shape index (κ3) is 2.09. The minimum Gasteiger partial charge on any atom is -0.256 e. The molecule has 18 heavy (non-hydrogen) atoms. The van der Waals surface area contributed by atoms with Gasteiger partial charge < -0.3 is 0 Å². The largest absolute Gasteiger partial charge is 0.256 e. The van der Waals surface area contributed by atoms with Crippen molar-refractivity contribution in [2.24, 2.45) is 0 Å². The molecule has 0 saturated heterocycles. The van der Waals surface area contributed by atoms with Crippen molar-refractivity contribution >= 4 is 22.4 Å². The van der Waals surface area contributed by atoms with Crippen molar-refractivity contribution in [3.63, 3.8) is 0 Å². The summed E-state index contributed by atoms with van der Waals surface area (Å²) < 4.78 is 0. The van der Waals surface area contributed by atoms with Crippen molar-refractivity contribution in [3.05, 3.63) is 66.4 Å². The molecule has 1 nitrogen and oxygen atoms in total. The third-order valence-corrected chi connectivity index (χ3v) is 3.33. The van der Waals surface area contributed by atoms with Gasteiger partial charge in [-0.05, 0) is 34.5 Å². The van der Waals surface area contributed by atoms with E-state index in [2.05, 4.69) is 41.4 Å². The molecule has 1 aromatic heterocycles. The van der Waals surface area contributed by atoms with Crippen molar-refractivity contribution in [1.29, 1.82) is 0 Å². The molecule has 0 radical (unpaired) electrons. The molecular formula is C16H12ClN. The number of nitrogens with zero attached hydrogens (tertiary/aromatic N) is 1. The van der Waals surface area contributed by atoms with Crippen LogP contribution in [0.2, 0.25) is 0 Å². The van der Waals surface area contributed by atoms with Crippen LogP contribution in [0.25, 0.3) is 22.0 Å². The third-order valence-electron chi connectivity index (χ3n) is 3.02. The lowest BCUT2D eigenvalue weighted by Crippen LogP contribution is -1.86. The molecule has 88 valence electrons. The molecule has 0 spiro atoms. The number of aromatic nitrogens is 1. The van der Waals surface area contributed by atoms with E-state index in [1.807, 2.05) is 24.4 Å². The van der Waals surface area contributed by atoms with Gasteiger partial charge in [-0.3, -0.25) is 4.98 Å². The molecular weight excluding hydrogens is 242 g/mol. The molecule has 2 aromatic carbocycles.